The third-order valence-electron chi connectivity index (χ3n) is 2.78. The number of aromatic nitrogens is 1. The SMILES string of the molecule is O=C(N[C@H](CO)Cc1ccccc1)c1ccccn1. The van der Waals surface area contributed by atoms with Crippen LogP contribution in [0.4, 0.5) is 0 Å². The molecule has 0 saturated heterocycles. The molecule has 19 heavy (non-hydrogen) atoms. The molecule has 0 radical (unpaired) electrons. The molecule has 0 aliphatic rings. The average Bonchev–Trinajstić information content (AvgIpc) is 2.48. The molecule has 0 saturated carbocycles. The van der Waals surface area contributed by atoms with E-state index < -0.39 is 0 Å². The monoisotopic (exact) mass is 256 g/mol. The lowest BCUT2D eigenvalue weighted by Gasteiger charge is -2.16. The van der Waals surface area contributed by atoms with Gasteiger partial charge in [-0.3, -0.25) is 9.78 Å². The molecule has 4 nitrogen and oxygen atoms in total. The standard InChI is InChI=1S/C15H16N2O2/c18-11-13(10-12-6-2-1-3-7-12)17-15(19)14-8-4-5-9-16-14/h1-9,13,18H,10-11H2,(H,17,19)/t13-/m0/s1. The number of nitrogens with zero attached hydrogens (tertiary/aromatic N) is 1. The highest BCUT2D eigenvalue weighted by molar-refractivity contribution is 5.92. The van der Waals surface area contributed by atoms with Gasteiger partial charge in [0.05, 0.1) is 12.6 Å². The van der Waals surface area contributed by atoms with Crippen molar-refractivity contribution in [2.75, 3.05) is 6.61 Å². The van der Waals surface area contributed by atoms with Crippen LogP contribution in [0.15, 0.2) is 54.7 Å². The van der Waals surface area contributed by atoms with E-state index in [9.17, 15) is 9.90 Å². The molecular formula is C15H16N2O2. The maximum absolute atomic E-state index is 11.9. The maximum atomic E-state index is 11.9. The molecule has 2 aromatic rings. The molecule has 1 heterocycles. The molecule has 1 aromatic carbocycles. The van der Waals surface area contributed by atoms with Crippen LogP contribution in [0.3, 0.4) is 0 Å². The highest BCUT2D eigenvalue weighted by atomic mass is 16.3. The smallest absolute Gasteiger partial charge is 0.270 e. The zero-order valence-electron chi connectivity index (χ0n) is 10.5. The Bertz CT molecular complexity index is 514. The van der Waals surface area contributed by atoms with E-state index in [0.717, 1.165) is 5.56 Å². The van der Waals surface area contributed by atoms with Crippen LogP contribution in [0.2, 0.25) is 0 Å². The minimum atomic E-state index is -0.308. The van der Waals surface area contributed by atoms with Gasteiger partial charge in [0, 0.05) is 6.20 Å². The van der Waals surface area contributed by atoms with Gasteiger partial charge in [-0.15, -0.1) is 0 Å². The first kappa shape index (κ1) is 13.2. The number of aliphatic hydroxyl groups excluding tert-OH is 1. The molecule has 0 aliphatic carbocycles. The first-order chi connectivity index (χ1) is 9.29. The molecule has 0 spiro atoms. The molecule has 1 aromatic heterocycles. The third kappa shape index (κ3) is 3.89. The van der Waals surface area contributed by atoms with E-state index in [1.54, 1.807) is 24.4 Å². The summed E-state index contributed by atoms with van der Waals surface area (Å²) in [5.74, 6) is -0.268. The van der Waals surface area contributed by atoms with Crippen molar-refractivity contribution in [1.29, 1.82) is 0 Å². The van der Waals surface area contributed by atoms with E-state index in [4.69, 9.17) is 0 Å². The Morgan fingerprint density at radius 1 is 1.16 bits per heavy atom. The highest BCUT2D eigenvalue weighted by Crippen LogP contribution is 2.04. The number of pyridine rings is 1. The minimum Gasteiger partial charge on any atom is -0.394 e. The van der Waals surface area contributed by atoms with Crippen LogP contribution in [-0.4, -0.2) is 28.6 Å². The van der Waals surface area contributed by atoms with Gasteiger partial charge < -0.3 is 10.4 Å². The van der Waals surface area contributed by atoms with Gasteiger partial charge in [0.1, 0.15) is 5.69 Å². The van der Waals surface area contributed by atoms with Crippen molar-refractivity contribution in [1.82, 2.24) is 10.3 Å². The normalized spacial score (nSPS) is 11.8. The predicted molar refractivity (Wildman–Crippen MR) is 72.7 cm³/mol. The number of carbonyl (C=O) groups excluding carboxylic acids is 1. The molecule has 0 bridgehead atoms. The molecule has 4 heteroatoms. The van der Waals surface area contributed by atoms with Gasteiger partial charge in [-0.2, -0.15) is 0 Å². The molecule has 0 unspecified atom stereocenters. The van der Waals surface area contributed by atoms with Crippen LogP contribution in [0.1, 0.15) is 16.1 Å². The predicted octanol–water partition coefficient (Wildman–Crippen LogP) is 1.41. The Hall–Kier alpha value is -2.20. The van der Waals surface area contributed by atoms with Crippen molar-refractivity contribution < 1.29 is 9.90 Å². The highest BCUT2D eigenvalue weighted by Gasteiger charge is 2.14. The first-order valence-corrected chi connectivity index (χ1v) is 6.16. The second-order valence-electron chi connectivity index (χ2n) is 4.26. The lowest BCUT2D eigenvalue weighted by Crippen LogP contribution is -2.39. The molecule has 0 fully saturated rings. The fraction of sp³-hybridized carbons (Fsp3) is 0.200. The topological polar surface area (TPSA) is 62.2 Å². The van der Waals surface area contributed by atoms with Crippen LogP contribution in [0.5, 0.6) is 0 Å². The Kier molecular flexibility index (Phi) is 4.64. The maximum Gasteiger partial charge on any atom is 0.270 e. The van der Waals surface area contributed by atoms with Crippen molar-refractivity contribution in [2.45, 2.75) is 12.5 Å². The second-order valence-corrected chi connectivity index (χ2v) is 4.26. The quantitative estimate of drug-likeness (QED) is 0.850. The van der Waals surface area contributed by atoms with Gasteiger partial charge in [0.2, 0.25) is 0 Å². The summed E-state index contributed by atoms with van der Waals surface area (Å²) in [4.78, 5) is 15.9. The lowest BCUT2D eigenvalue weighted by molar-refractivity contribution is 0.0911. The first-order valence-electron chi connectivity index (χ1n) is 6.16. The number of carbonyl (C=O) groups is 1. The molecule has 1 atom stereocenters. The van der Waals surface area contributed by atoms with Crippen molar-refractivity contribution in [3.8, 4) is 0 Å². The average molecular weight is 256 g/mol. The Morgan fingerprint density at radius 3 is 2.53 bits per heavy atom. The Morgan fingerprint density at radius 2 is 1.89 bits per heavy atom. The summed E-state index contributed by atoms with van der Waals surface area (Å²) in [6, 6.07) is 14.6. The van der Waals surface area contributed by atoms with Crippen LogP contribution >= 0.6 is 0 Å². The van der Waals surface area contributed by atoms with Crippen LogP contribution in [0, 0.1) is 0 Å². The van der Waals surface area contributed by atoms with E-state index in [2.05, 4.69) is 10.3 Å². The summed E-state index contributed by atoms with van der Waals surface area (Å²) in [6.07, 6.45) is 2.16. The van der Waals surface area contributed by atoms with Crippen molar-refractivity contribution in [3.05, 3.63) is 66.0 Å². The molecule has 2 rings (SSSR count). The van der Waals surface area contributed by atoms with Gasteiger partial charge in [0.15, 0.2) is 0 Å². The minimum absolute atomic E-state index is 0.104. The van der Waals surface area contributed by atoms with Crippen LogP contribution < -0.4 is 5.32 Å². The summed E-state index contributed by atoms with van der Waals surface area (Å²) in [6.45, 7) is -0.104. The van der Waals surface area contributed by atoms with E-state index in [0.29, 0.717) is 12.1 Å². The lowest BCUT2D eigenvalue weighted by atomic mass is 10.1. The fourth-order valence-electron chi connectivity index (χ4n) is 1.82. The number of benzene rings is 1. The second kappa shape index (κ2) is 6.66. The summed E-state index contributed by atoms with van der Waals surface area (Å²) in [5.41, 5.74) is 1.43. The number of rotatable bonds is 5. The van der Waals surface area contributed by atoms with Crippen LogP contribution in [0.25, 0.3) is 0 Å². The van der Waals surface area contributed by atoms with E-state index in [1.807, 2.05) is 30.3 Å². The zero-order valence-corrected chi connectivity index (χ0v) is 10.5. The summed E-state index contributed by atoms with van der Waals surface area (Å²) in [5, 5.41) is 12.1. The van der Waals surface area contributed by atoms with Crippen molar-refractivity contribution >= 4 is 5.91 Å². The summed E-state index contributed by atoms with van der Waals surface area (Å²) >= 11 is 0. The van der Waals surface area contributed by atoms with Gasteiger partial charge in [-0.1, -0.05) is 36.4 Å². The Balaban J connectivity index is 1.98. The van der Waals surface area contributed by atoms with Crippen molar-refractivity contribution in [3.63, 3.8) is 0 Å². The van der Waals surface area contributed by atoms with Gasteiger partial charge in [0.25, 0.3) is 5.91 Å². The third-order valence-corrected chi connectivity index (χ3v) is 2.78. The molecule has 2 N–H and O–H groups in total. The van der Waals surface area contributed by atoms with Crippen molar-refractivity contribution in [2.24, 2.45) is 0 Å². The van der Waals surface area contributed by atoms with E-state index in [1.165, 1.54) is 0 Å². The van der Waals surface area contributed by atoms with E-state index in [-0.39, 0.29) is 18.6 Å². The summed E-state index contributed by atoms with van der Waals surface area (Å²) in [7, 11) is 0. The molecular weight excluding hydrogens is 240 g/mol. The Labute approximate surface area is 112 Å². The number of hydrogen-bond acceptors (Lipinski definition) is 3. The van der Waals surface area contributed by atoms with Gasteiger partial charge in [-0.25, -0.2) is 0 Å². The van der Waals surface area contributed by atoms with Gasteiger partial charge in [-0.05, 0) is 24.1 Å². The molecule has 0 aliphatic heterocycles. The van der Waals surface area contributed by atoms with E-state index >= 15 is 0 Å². The largest absolute Gasteiger partial charge is 0.394 e. The zero-order chi connectivity index (χ0) is 13.5. The molecule has 1 amide bonds. The number of hydrogen-bond donors (Lipinski definition) is 2. The summed E-state index contributed by atoms with van der Waals surface area (Å²) < 4.78 is 0. The fourth-order valence-corrected chi connectivity index (χ4v) is 1.82. The number of amides is 1. The number of nitrogens with one attached hydrogen (secondary N) is 1. The number of aliphatic hydroxyl groups is 1. The van der Waals surface area contributed by atoms with Crippen LogP contribution in [-0.2, 0) is 6.42 Å². The molecule has 98 valence electrons. The van der Waals surface area contributed by atoms with Gasteiger partial charge >= 0.3 is 0 Å².